The first-order valence-electron chi connectivity index (χ1n) is 10.6. The van der Waals surface area contributed by atoms with E-state index in [0.29, 0.717) is 0 Å². The minimum atomic E-state index is -0.0257. The Balaban J connectivity index is 1.66. The fraction of sp³-hybridized carbons (Fsp3) is 0.458. The SMILES string of the molecule is CCN1CCN(c2nc(-c3ccc(C(C)(C)CCO)cc3)cc3ccsc23)CC1. The van der Waals surface area contributed by atoms with E-state index in [0.717, 1.165) is 56.2 Å². The quantitative estimate of drug-likeness (QED) is 0.637. The molecule has 0 spiro atoms. The summed E-state index contributed by atoms with van der Waals surface area (Å²) >= 11 is 1.79. The monoisotopic (exact) mass is 409 g/mol. The molecule has 0 saturated carbocycles. The van der Waals surface area contributed by atoms with Crippen LogP contribution in [0.2, 0.25) is 0 Å². The molecule has 0 bridgehead atoms. The van der Waals surface area contributed by atoms with Gasteiger partial charge in [-0.3, -0.25) is 0 Å². The molecule has 0 radical (unpaired) electrons. The second kappa shape index (κ2) is 8.42. The molecule has 1 aliphatic heterocycles. The van der Waals surface area contributed by atoms with E-state index in [1.165, 1.54) is 15.6 Å². The van der Waals surface area contributed by atoms with Crippen LogP contribution in [-0.2, 0) is 5.41 Å². The van der Waals surface area contributed by atoms with Gasteiger partial charge in [-0.2, -0.15) is 0 Å². The summed E-state index contributed by atoms with van der Waals surface area (Å²) in [5.74, 6) is 1.13. The summed E-state index contributed by atoms with van der Waals surface area (Å²) in [6.45, 7) is 12.2. The van der Waals surface area contributed by atoms with E-state index >= 15 is 0 Å². The minimum absolute atomic E-state index is 0.0257. The van der Waals surface area contributed by atoms with Crippen molar-refractivity contribution in [3.05, 3.63) is 47.3 Å². The molecular formula is C24H31N3OS. The molecule has 154 valence electrons. The van der Waals surface area contributed by atoms with Crippen LogP contribution in [0.3, 0.4) is 0 Å². The van der Waals surface area contributed by atoms with Crippen LogP contribution in [0.4, 0.5) is 5.82 Å². The highest BCUT2D eigenvalue weighted by Gasteiger charge is 2.22. The molecule has 29 heavy (non-hydrogen) atoms. The predicted molar refractivity (Wildman–Crippen MR) is 124 cm³/mol. The number of hydrogen-bond acceptors (Lipinski definition) is 5. The average Bonchev–Trinajstić information content (AvgIpc) is 3.22. The second-order valence-electron chi connectivity index (χ2n) is 8.53. The molecule has 0 atom stereocenters. The van der Waals surface area contributed by atoms with E-state index in [4.69, 9.17) is 4.98 Å². The summed E-state index contributed by atoms with van der Waals surface area (Å²) in [4.78, 5) is 10.1. The number of piperazine rings is 1. The molecule has 2 aromatic heterocycles. The number of nitrogens with zero attached hydrogens (tertiary/aromatic N) is 3. The Bertz CT molecular complexity index is 956. The number of hydrogen-bond donors (Lipinski definition) is 1. The average molecular weight is 410 g/mol. The first-order valence-corrected chi connectivity index (χ1v) is 11.5. The minimum Gasteiger partial charge on any atom is -0.396 e. The third kappa shape index (κ3) is 4.18. The summed E-state index contributed by atoms with van der Waals surface area (Å²) < 4.78 is 1.29. The number of rotatable bonds is 6. The first kappa shape index (κ1) is 20.3. The van der Waals surface area contributed by atoms with Gasteiger partial charge in [0.2, 0.25) is 0 Å². The van der Waals surface area contributed by atoms with E-state index in [1.807, 2.05) is 0 Å². The van der Waals surface area contributed by atoms with Gasteiger partial charge in [-0.25, -0.2) is 4.98 Å². The number of anilines is 1. The van der Waals surface area contributed by atoms with Crippen LogP contribution in [0, 0.1) is 0 Å². The number of aliphatic hydroxyl groups is 1. The maximum atomic E-state index is 9.35. The summed E-state index contributed by atoms with van der Waals surface area (Å²) in [7, 11) is 0. The molecule has 0 unspecified atom stereocenters. The molecule has 5 heteroatoms. The van der Waals surface area contributed by atoms with Crippen molar-refractivity contribution in [2.75, 3.05) is 44.2 Å². The lowest BCUT2D eigenvalue weighted by molar-refractivity contribution is 0.252. The highest BCUT2D eigenvalue weighted by molar-refractivity contribution is 7.17. The maximum Gasteiger partial charge on any atom is 0.147 e. The number of pyridine rings is 1. The largest absolute Gasteiger partial charge is 0.396 e. The van der Waals surface area contributed by atoms with Crippen molar-refractivity contribution in [1.29, 1.82) is 0 Å². The van der Waals surface area contributed by atoms with Crippen molar-refractivity contribution < 1.29 is 5.11 Å². The Morgan fingerprint density at radius 1 is 1.07 bits per heavy atom. The Morgan fingerprint density at radius 3 is 2.45 bits per heavy atom. The van der Waals surface area contributed by atoms with Crippen molar-refractivity contribution in [2.24, 2.45) is 0 Å². The number of likely N-dealkylation sites (N-methyl/N-ethyl adjacent to an activating group) is 1. The van der Waals surface area contributed by atoms with Crippen LogP contribution in [0.5, 0.6) is 0 Å². The van der Waals surface area contributed by atoms with Crippen molar-refractivity contribution in [3.63, 3.8) is 0 Å². The topological polar surface area (TPSA) is 39.6 Å². The summed E-state index contributed by atoms with van der Waals surface area (Å²) in [6.07, 6.45) is 0.763. The van der Waals surface area contributed by atoms with Gasteiger partial charge in [0.1, 0.15) is 5.82 Å². The molecule has 4 rings (SSSR count). The van der Waals surface area contributed by atoms with Crippen LogP contribution in [0.25, 0.3) is 21.3 Å². The molecule has 0 aliphatic carbocycles. The van der Waals surface area contributed by atoms with E-state index in [-0.39, 0.29) is 12.0 Å². The molecule has 3 aromatic rings. The number of aliphatic hydroxyl groups excluding tert-OH is 1. The maximum absolute atomic E-state index is 9.35. The van der Waals surface area contributed by atoms with E-state index < -0.39 is 0 Å². The van der Waals surface area contributed by atoms with Gasteiger partial charge >= 0.3 is 0 Å². The number of thiophene rings is 1. The van der Waals surface area contributed by atoms with Gasteiger partial charge in [0.15, 0.2) is 0 Å². The number of fused-ring (bicyclic) bond motifs is 1. The van der Waals surface area contributed by atoms with Gasteiger partial charge in [-0.1, -0.05) is 45.0 Å². The zero-order chi connectivity index (χ0) is 20.4. The second-order valence-corrected chi connectivity index (χ2v) is 9.44. The molecule has 1 saturated heterocycles. The van der Waals surface area contributed by atoms with Gasteiger partial charge in [-0.05, 0) is 46.8 Å². The number of aromatic nitrogens is 1. The Kier molecular flexibility index (Phi) is 5.91. The van der Waals surface area contributed by atoms with Crippen molar-refractivity contribution in [3.8, 4) is 11.3 Å². The third-order valence-electron chi connectivity index (χ3n) is 6.24. The van der Waals surface area contributed by atoms with Crippen LogP contribution in [0.15, 0.2) is 41.8 Å². The Labute approximate surface area is 177 Å². The highest BCUT2D eigenvalue weighted by atomic mass is 32.1. The van der Waals surface area contributed by atoms with Crippen LogP contribution >= 0.6 is 11.3 Å². The van der Waals surface area contributed by atoms with Crippen LogP contribution in [0.1, 0.15) is 32.8 Å². The van der Waals surface area contributed by atoms with Crippen LogP contribution in [-0.4, -0.2) is 54.3 Å². The molecule has 1 aromatic carbocycles. The number of benzene rings is 1. The third-order valence-corrected chi connectivity index (χ3v) is 7.16. The van der Waals surface area contributed by atoms with Gasteiger partial charge < -0.3 is 14.9 Å². The zero-order valence-electron chi connectivity index (χ0n) is 17.7. The van der Waals surface area contributed by atoms with Crippen molar-refractivity contribution in [1.82, 2.24) is 9.88 Å². The van der Waals surface area contributed by atoms with Gasteiger partial charge in [0.05, 0.1) is 10.4 Å². The predicted octanol–water partition coefficient (Wildman–Crippen LogP) is 4.77. The lowest BCUT2D eigenvalue weighted by Crippen LogP contribution is -2.46. The summed E-state index contributed by atoms with van der Waals surface area (Å²) in [6, 6.07) is 13.1. The van der Waals surface area contributed by atoms with Gasteiger partial charge in [0, 0.05) is 38.3 Å². The van der Waals surface area contributed by atoms with E-state index in [9.17, 15) is 5.11 Å². The summed E-state index contributed by atoms with van der Waals surface area (Å²) in [5, 5.41) is 12.8. The van der Waals surface area contributed by atoms with E-state index in [2.05, 4.69) is 72.3 Å². The van der Waals surface area contributed by atoms with Crippen molar-refractivity contribution in [2.45, 2.75) is 32.6 Å². The molecular weight excluding hydrogens is 378 g/mol. The smallest absolute Gasteiger partial charge is 0.147 e. The fourth-order valence-corrected chi connectivity index (χ4v) is 5.01. The van der Waals surface area contributed by atoms with Crippen molar-refractivity contribution >= 4 is 27.2 Å². The molecule has 4 nitrogen and oxygen atoms in total. The molecule has 3 heterocycles. The Morgan fingerprint density at radius 2 is 1.79 bits per heavy atom. The highest BCUT2D eigenvalue weighted by Crippen LogP contribution is 2.35. The molecule has 0 amide bonds. The van der Waals surface area contributed by atoms with Gasteiger partial charge in [-0.15, -0.1) is 11.3 Å². The molecule has 1 N–H and O–H groups in total. The summed E-state index contributed by atoms with van der Waals surface area (Å²) in [5.41, 5.74) is 3.41. The van der Waals surface area contributed by atoms with E-state index in [1.54, 1.807) is 11.3 Å². The lowest BCUT2D eigenvalue weighted by atomic mass is 9.81. The zero-order valence-corrected chi connectivity index (χ0v) is 18.5. The normalized spacial score (nSPS) is 15.9. The standard InChI is InChI=1S/C24H31N3OS/c1-4-26-11-13-27(14-12-26)23-22-19(9-16-29-22)17-21(25-23)18-5-7-20(8-6-18)24(2,3)10-15-28/h5-9,16-17,28H,4,10-15H2,1-3H3. The first-order chi connectivity index (χ1) is 14.0. The van der Waals surface area contributed by atoms with Gasteiger partial charge in [0.25, 0.3) is 0 Å². The molecule has 1 aliphatic rings. The van der Waals surface area contributed by atoms with Crippen LogP contribution < -0.4 is 4.90 Å². The lowest BCUT2D eigenvalue weighted by Gasteiger charge is -2.35. The molecule has 1 fully saturated rings. The fourth-order valence-electron chi connectivity index (χ4n) is 4.11. The Hall–Kier alpha value is -1.95.